The van der Waals surface area contributed by atoms with Crippen molar-refractivity contribution in [3.63, 3.8) is 0 Å². The minimum atomic E-state index is 0.257. The van der Waals surface area contributed by atoms with Crippen molar-refractivity contribution < 1.29 is 9.53 Å². The van der Waals surface area contributed by atoms with Gasteiger partial charge in [0.05, 0.1) is 6.10 Å². The molecule has 3 heteroatoms. The van der Waals surface area contributed by atoms with Crippen LogP contribution in [0.4, 0.5) is 0 Å². The Hall–Kier alpha value is -0.410. The zero-order valence-corrected chi connectivity index (χ0v) is 9.45. The maximum atomic E-state index is 11.5. The lowest BCUT2D eigenvalue weighted by Crippen LogP contribution is -2.43. The molecule has 0 N–H and O–H groups in total. The second-order valence-electron chi connectivity index (χ2n) is 4.13. The number of Topliss-reactive ketones (excluding diaryl/α,β-unsaturated/α-hetero) is 1. The summed E-state index contributed by atoms with van der Waals surface area (Å²) in [5.41, 5.74) is 0. The van der Waals surface area contributed by atoms with Crippen LogP contribution in [0.1, 0.15) is 26.7 Å². The summed E-state index contributed by atoms with van der Waals surface area (Å²) >= 11 is 0. The van der Waals surface area contributed by atoms with E-state index in [0.29, 0.717) is 5.78 Å². The number of rotatable bonds is 4. The predicted octanol–water partition coefficient (Wildman–Crippen LogP) is 1.32. The van der Waals surface area contributed by atoms with E-state index >= 15 is 0 Å². The topological polar surface area (TPSA) is 29.5 Å². The van der Waals surface area contributed by atoms with Crippen LogP contribution in [-0.2, 0) is 9.53 Å². The molecule has 0 bridgehead atoms. The Balaban J connectivity index is 2.38. The van der Waals surface area contributed by atoms with Gasteiger partial charge in [-0.05, 0) is 13.3 Å². The van der Waals surface area contributed by atoms with Crippen LogP contribution in [0, 0.1) is 5.92 Å². The fourth-order valence-electron chi connectivity index (χ4n) is 1.94. The highest BCUT2D eigenvalue weighted by atomic mass is 16.5. The van der Waals surface area contributed by atoms with Crippen LogP contribution in [0.15, 0.2) is 0 Å². The molecule has 3 nitrogen and oxygen atoms in total. The Morgan fingerprint density at radius 3 is 2.93 bits per heavy atom. The number of hydrogen-bond acceptors (Lipinski definition) is 3. The first-order valence-electron chi connectivity index (χ1n) is 5.45. The van der Waals surface area contributed by atoms with E-state index in [2.05, 4.69) is 18.7 Å². The van der Waals surface area contributed by atoms with E-state index < -0.39 is 0 Å². The molecule has 1 aliphatic heterocycles. The van der Waals surface area contributed by atoms with Gasteiger partial charge in [-0.1, -0.05) is 6.92 Å². The van der Waals surface area contributed by atoms with Crippen molar-refractivity contribution in [1.82, 2.24) is 4.90 Å². The summed E-state index contributed by atoms with van der Waals surface area (Å²) in [6.07, 6.45) is 1.95. The summed E-state index contributed by atoms with van der Waals surface area (Å²) in [5.74, 6) is 0.696. The fraction of sp³-hybridized carbons (Fsp3) is 0.909. The van der Waals surface area contributed by atoms with Crippen LogP contribution in [0.25, 0.3) is 0 Å². The Morgan fingerprint density at radius 1 is 1.64 bits per heavy atom. The lowest BCUT2D eigenvalue weighted by atomic mass is 9.94. The van der Waals surface area contributed by atoms with Crippen molar-refractivity contribution in [3.05, 3.63) is 0 Å². The monoisotopic (exact) mass is 199 g/mol. The first-order chi connectivity index (χ1) is 6.67. The SMILES string of the molecule is CCC1CN(CC(C)OC)CCC1=O. The fourth-order valence-corrected chi connectivity index (χ4v) is 1.94. The largest absolute Gasteiger partial charge is 0.380 e. The summed E-state index contributed by atoms with van der Waals surface area (Å²) in [6.45, 7) is 6.93. The molecule has 1 saturated heterocycles. The van der Waals surface area contributed by atoms with Gasteiger partial charge in [0.1, 0.15) is 5.78 Å². The third kappa shape index (κ3) is 3.07. The van der Waals surface area contributed by atoms with Crippen molar-refractivity contribution in [2.45, 2.75) is 32.8 Å². The van der Waals surface area contributed by atoms with Gasteiger partial charge in [0, 0.05) is 39.1 Å². The maximum Gasteiger partial charge on any atom is 0.138 e. The van der Waals surface area contributed by atoms with E-state index in [0.717, 1.165) is 32.5 Å². The summed E-state index contributed by atoms with van der Waals surface area (Å²) in [6, 6.07) is 0. The van der Waals surface area contributed by atoms with Crippen LogP contribution in [0.3, 0.4) is 0 Å². The number of carbonyl (C=O) groups excluding carboxylic acids is 1. The number of ether oxygens (including phenoxy) is 1. The molecule has 0 aliphatic carbocycles. The van der Waals surface area contributed by atoms with Gasteiger partial charge in [-0.15, -0.1) is 0 Å². The lowest BCUT2D eigenvalue weighted by molar-refractivity contribution is -0.126. The molecule has 82 valence electrons. The van der Waals surface area contributed by atoms with Crippen LogP contribution < -0.4 is 0 Å². The van der Waals surface area contributed by atoms with Gasteiger partial charge in [-0.25, -0.2) is 0 Å². The Bertz CT molecular complexity index is 194. The van der Waals surface area contributed by atoms with Crippen molar-refractivity contribution in [3.8, 4) is 0 Å². The van der Waals surface area contributed by atoms with Gasteiger partial charge >= 0.3 is 0 Å². The molecular weight excluding hydrogens is 178 g/mol. The van der Waals surface area contributed by atoms with Crippen LogP contribution in [0.5, 0.6) is 0 Å². The van der Waals surface area contributed by atoms with Crippen molar-refractivity contribution in [2.75, 3.05) is 26.7 Å². The van der Waals surface area contributed by atoms with E-state index in [1.807, 2.05) is 0 Å². The molecule has 0 saturated carbocycles. The molecule has 0 aromatic heterocycles. The normalized spacial score (nSPS) is 26.5. The zero-order valence-electron chi connectivity index (χ0n) is 9.45. The van der Waals surface area contributed by atoms with Crippen molar-refractivity contribution >= 4 is 5.78 Å². The van der Waals surface area contributed by atoms with Gasteiger partial charge in [0.2, 0.25) is 0 Å². The highest BCUT2D eigenvalue weighted by molar-refractivity contribution is 5.82. The number of ketones is 1. The van der Waals surface area contributed by atoms with E-state index in [1.165, 1.54) is 0 Å². The molecule has 0 radical (unpaired) electrons. The van der Waals surface area contributed by atoms with Gasteiger partial charge in [0.15, 0.2) is 0 Å². The minimum absolute atomic E-state index is 0.257. The number of carbonyl (C=O) groups is 1. The number of piperidine rings is 1. The molecule has 1 aliphatic rings. The molecule has 0 aromatic rings. The van der Waals surface area contributed by atoms with E-state index in [-0.39, 0.29) is 12.0 Å². The lowest BCUT2D eigenvalue weighted by Gasteiger charge is -2.32. The second-order valence-corrected chi connectivity index (χ2v) is 4.13. The zero-order chi connectivity index (χ0) is 10.6. The molecule has 2 unspecified atom stereocenters. The van der Waals surface area contributed by atoms with Gasteiger partial charge in [0.25, 0.3) is 0 Å². The van der Waals surface area contributed by atoms with E-state index in [1.54, 1.807) is 7.11 Å². The summed E-state index contributed by atoms with van der Waals surface area (Å²) in [7, 11) is 1.73. The first-order valence-corrected chi connectivity index (χ1v) is 5.45. The molecule has 1 heterocycles. The molecule has 0 amide bonds. The number of methoxy groups -OCH3 is 1. The highest BCUT2D eigenvalue weighted by Gasteiger charge is 2.26. The smallest absolute Gasteiger partial charge is 0.138 e. The average molecular weight is 199 g/mol. The molecule has 14 heavy (non-hydrogen) atoms. The molecule has 0 spiro atoms. The number of likely N-dealkylation sites (tertiary alicyclic amines) is 1. The standard InChI is InChI=1S/C11H21NO2/c1-4-10-8-12(6-5-11(10)13)7-9(2)14-3/h9-10H,4-8H2,1-3H3. The maximum absolute atomic E-state index is 11.5. The van der Waals surface area contributed by atoms with Crippen molar-refractivity contribution in [1.29, 1.82) is 0 Å². The molecule has 2 atom stereocenters. The summed E-state index contributed by atoms with van der Waals surface area (Å²) in [4.78, 5) is 13.8. The molecule has 0 aromatic carbocycles. The predicted molar refractivity (Wildman–Crippen MR) is 56.3 cm³/mol. The minimum Gasteiger partial charge on any atom is -0.380 e. The quantitative estimate of drug-likeness (QED) is 0.684. The highest BCUT2D eigenvalue weighted by Crippen LogP contribution is 2.16. The van der Waals surface area contributed by atoms with E-state index in [4.69, 9.17) is 4.74 Å². The number of nitrogens with zero attached hydrogens (tertiary/aromatic N) is 1. The van der Waals surface area contributed by atoms with Crippen LogP contribution in [-0.4, -0.2) is 43.5 Å². The van der Waals surface area contributed by atoms with Gasteiger partial charge in [-0.3, -0.25) is 9.69 Å². The summed E-state index contributed by atoms with van der Waals surface area (Å²) < 4.78 is 5.22. The second kappa shape index (κ2) is 5.47. The molecular formula is C11H21NO2. The Labute approximate surface area is 86.4 Å². The first kappa shape index (κ1) is 11.7. The average Bonchev–Trinajstić information content (AvgIpc) is 2.20. The third-order valence-electron chi connectivity index (χ3n) is 3.02. The Morgan fingerprint density at radius 2 is 2.36 bits per heavy atom. The van der Waals surface area contributed by atoms with E-state index in [9.17, 15) is 4.79 Å². The van der Waals surface area contributed by atoms with Crippen LogP contribution in [0.2, 0.25) is 0 Å². The molecule has 1 rings (SSSR count). The summed E-state index contributed by atoms with van der Waals surface area (Å²) in [5, 5.41) is 0. The third-order valence-corrected chi connectivity index (χ3v) is 3.02. The molecule has 1 fully saturated rings. The van der Waals surface area contributed by atoms with Crippen molar-refractivity contribution in [2.24, 2.45) is 5.92 Å². The van der Waals surface area contributed by atoms with Crippen LogP contribution >= 0.6 is 0 Å². The van der Waals surface area contributed by atoms with Gasteiger partial charge in [-0.2, -0.15) is 0 Å². The number of hydrogen-bond donors (Lipinski definition) is 0. The Kier molecular flexibility index (Phi) is 4.55. The van der Waals surface area contributed by atoms with Gasteiger partial charge < -0.3 is 4.74 Å².